The lowest BCUT2D eigenvalue weighted by Gasteiger charge is -2.57. The molecule has 2 heteroatoms. The smallest absolute Gasteiger partial charge is 0.0389 e. The van der Waals surface area contributed by atoms with Crippen molar-refractivity contribution in [3.05, 3.63) is 9.66 Å². The van der Waals surface area contributed by atoms with Crippen molar-refractivity contribution in [1.29, 1.82) is 0 Å². The van der Waals surface area contributed by atoms with Crippen LogP contribution in [0.4, 0.5) is 0 Å². The van der Waals surface area contributed by atoms with E-state index in [0.29, 0.717) is 10.8 Å². The second kappa shape index (κ2) is 4.57. The molecule has 0 aromatic rings. The Bertz CT molecular complexity index is 494. The zero-order chi connectivity index (χ0) is 14.0. The maximum absolute atomic E-state index is 4.93. The molecule has 4 aliphatic rings. The SMILES string of the molecule is C[C@]12CCCN=C1CC[C@@H]1[C@@H]2CC[C@]2(C)C(I)=CC[C@@H]12. The number of nitrogens with zero attached hydrogens (tertiary/aromatic N) is 1. The summed E-state index contributed by atoms with van der Waals surface area (Å²) in [5.41, 5.74) is 2.56. The van der Waals surface area contributed by atoms with Crippen LogP contribution in [0, 0.1) is 28.6 Å². The lowest BCUT2D eigenvalue weighted by Crippen LogP contribution is -2.52. The first-order valence-electron chi connectivity index (χ1n) is 8.46. The van der Waals surface area contributed by atoms with E-state index in [4.69, 9.17) is 4.99 Å². The average molecular weight is 383 g/mol. The Morgan fingerprint density at radius 1 is 1.15 bits per heavy atom. The molecule has 0 aromatic carbocycles. The molecule has 0 unspecified atom stereocenters. The van der Waals surface area contributed by atoms with Gasteiger partial charge in [-0.2, -0.15) is 0 Å². The van der Waals surface area contributed by atoms with Crippen molar-refractivity contribution in [3.63, 3.8) is 0 Å². The zero-order valence-corrected chi connectivity index (χ0v) is 14.9. The quantitative estimate of drug-likeness (QED) is 0.497. The predicted octanol–water partition coefficient (Wildman–Crippen LogP) is 5.39. The van der Waals surface area contributed by atoms with Crippen LogP contribution in [0.1, 0.15) is 58.8 Å². The zero-order valence-electron chi connectivity index (χ0n) is 12.8. The van der Waals surface area contributed by atoms with Crippen molar-refractivity contribution in [3.8, 4) is 0 Å². The topological polar surface area (TPSA) is 12.4 Å². The van der Waals surface area contributed by atoms with Gasteiger partial charge in [-0.3, -0.25) is 4.99 Å². The summed E-state index contributed by atoms with van der Waals surface area (Å²) in [6, 6.07) is 0. The Kier molecular flexibility index (Phi) is 3.15. The number of hydrogen-bond donors (Lipinski definition) is 0. The fraction of sp³-hybridized carbons (Fsp3) is 0.833. The maximum Gasteiger partial charge on any atom is 0.0389 e. The second-order valence-electron chi connectivity index (χ2n) is 8.01. The summed E-state index contributed by atoms with van der Waals surface area (Å²) < 4.78 is 1.66. The molecule has 0 aromatic heterocycles. The standard InChI is InChI=1S/C18H26IN/c1-17-10-8-14-12(13(17)5-6-15(17)19)4-7-16-18(14,2)9-3-11-20-16/h6,12-14H,3-5,7-11H2,1-2H3/t12-,13-,14-,17-,18+/m0/s1. The molecule has 0 spiro atoms. The van der Waals surface area contributed by atoms with Gasteiger partial charge in [0, 0.05) is 23.1 Å². The molecule has 0 bridgehead atoms. The lowest BCUT2D eigenvalue weighted by atomic mass is 9.48. The van der Waals surface area contributed by atoms with Crippen molar-refractivity contribution < 1.29 is 0 Å². The number of rotatable bonds is 0. The molecule has 4 rings (SSSR count). The van der Waals surface area contributed by atoms with Crippen LogP contribution >= 0.6 is 22.6 Å². The van der Waals surface area contributed by atoms with Gasteiger partial charge in [-0.1, -0.05) is 19.9 Å². The van der Waals surface area contributed by atoms with Gasteiger partial charge in [-0.15, -0.1) is 0 Å². The summed E-state index contributed by atoms with van der Waals surface area (Å²) in [7, 11) is 0. The minimum absolute atomic E-state index is 0.455. The third-order valence-electron chi connectivity index (χ3n) is 7.27. The van der Waals surface area contributed by atoms with E-state index in [-0.39, 0.29) is 0 Å². The molecule has 1 nitrogen and oxygen atoms in total. The van der Waals surface area contributed by atoms with E-state index in [1.807, 2.05) is 0 Å². The van der Waals surface area contributed by atoms with Gasteiger partial charge in [0.2, 0.25) is 0 Å². The summed E-state index contributed by atoms with van der Waals surface area (Å²) in [5.74, 6) is 2.80. The molecular weight excluding hydrogens is 357 g/mol. The number of allylic oxidation sites excluding steroid dienone is 2. The highest BCUT2D eigenvalue weighted by atomic mass is 127. The molecule has 0 amide bonds. The van der Waals surface area contributed by atoms with Crippen LogP contribution in [0.5, 0.6) is 0 Å². The highest BCUT2D eigenvalue weighted by Gasteiger charge is 2.56. The molecule has 2 saturated carbocycles. The summed E-state index contributed by atoms with van der Waals surface area (Å²) in [4.78, 5) is 4.93. The summed E-state index contributed by atoms with van der Waals surface area (Å²) in [5, 5.41) is 0. The maximum atomic E-state index is 4.93. The molecule has 0 radical (unpaired) electrons. The Morgan fingerprint density at radius 3 is 2.85 bits per heavy atom. The molecule has 0 saturated heterocycles. The Balaban J connectivity index is 1.69. The molecular formula is C18H26IN. The van der Waals surface area contributed by atoms with Crippen molar-refractivity contribution in [2.45, 2.75) is 58.8 Å². The minimum atomic E-state index is 0.455. The third-order valence-corrected chi connectivity index (χ3v) is 8.94. The lowest BCUT2D eigenvalue weighted by molar-refractivity contribution is -0.00554. The third kappa shape index (κ3) is 1.69. The Hall–Kier alpha value is 0.140. The fourth-order valence-corrected chi connectivity index (χ4v) is 6.97. The van der Waals surface area contributed by atoms with Crippen molar-refractivity contribution in [2.24, 2.45) is 33.6 Å². The van der Waals surface area contributed by atoms with Gasteiger partial charge in [-0.05, 0) is 88.9 Å². The van der Waals surface area contributed by atoms with Gasteiger partial charge < -0.3 is 0 Å². The van der Waals surface area contributed by atoms with Gasteiger partial charge in [0.05, 0.1) is 0 Å². The van der Waals surface area contributed by atoms with Crippen molar-refractivity contribution >= 4 is 28.3 Å². The van der Waals surface area contributed by atoms with Crippen molar-refractivity contribution in [1.82, 2.24) is 0 Å². The van der Waals surface area contributed by atoms with E-state index in [0.717, 1.165) is 24.3 Å². The summed E-state index contributed by atoms with van der Waals surface area (Å²) >= 11 is 2.62. The summed E-state index contributed by atoms with van der Waals surface area (Å²) in [6.45, 7) is 6.20. The molecule has 0 N–H and O–H groups in total. The van der Waals surface area contributed by atoms with Gasteiger partial charge >= 0.3 is 0 Å². The van der Waals surface area contributed by atoms with Crippen LogP contribution < -0.4 is 0 Å². The van der Waals surface area contributed by atoms with Crippen molar-refractivity contribution in [2.75, 3.05) is 6.54 Å². The van der Waals surface area contributed by atoms with E-state index in [9.17, 15) is 0 Å². The number of halogens is 1. The Labute approximate surface area is 136 Å². The van der Waals surface area contributed by atoms with Crippen LogP contribution in [-0.2, 0) is 0 Å². The van der Waals surface area contributed by atoms with Gasteiger partial charge in [0.25, 0.3) is 0 Å². The van der Waals surface area contributed by atoms with Crippen LogP contribution in [0.3, 0.4) is 0 Å². The first-order chi connectivity index (χ1) is 9.56. The van der Waals surface area contributed by atoms with E-state index in [1.54, 1.807) is 9.29 Å². The van der Waals surface area contributed by atoms with Gasteiger partial charge in [-0.25, -0.2) is 0 Å². The Morgan fingerprint density at radius 2 is 2.00 bits per heavy atom. The molecule has 2 fully saturated rings. The molecule has 5 atom stereocenters. The predicted molar refractivity (Wildman–Crippen MR) is 93.4 cm³/mol. The van der Waals surface area contributed by atoms with Crippen LogP contribution in [0.2, 0.25) is 0 Å². The van der Waals surface area contributed by atoms with E-state index < -0.39 is 0 Å². The van der Waals surface area contributed by atoms with Crippen LogP contribution in [0.25, 0.3) is 0 Å². The highest BCUT2D eigenvalue weighted by molar-refractivity contribution is 14.1. The van der Waals surface area contributed by atoms with Gasteiger partial charge in [0.1, 0.15) is 0 Å². The van der Waals surface area contributed by atoms with Crippen LogP contribution in [-0.4, -0.2) is 12.3 Å². The van der Waals surface area contributed by atoms with Gasteiger partial charge in [0.15, 0.2) is 0 Å². The molecule has 20 heavy (non-hydrogen) atoms. The van der Waals surface area contributed by atoms with E-state index in [1.165, 1.54) is 44.9 Å². The second-order valence-corrected chi connectivity index (χ2v) is 9.17. The molecule has 3 aliphatic carbocycles. The largest absolute Gasteiger partial charge is 0.294 e. The molecule has 1 heterocycles. The first-order valence-corrected chi connectivity index (χ1v) is 9.53. The normalized spacial score (nSPS) is 50.6. The minimum Gasteiger partial charge on any atom is -0.294 e. The van der Waals surface area contributed by atoms with E-state index in [2.05, 4.69) is 42.5 Å². The monoisotopic (exact) mass is 383 g/mol. The average Bonchev–Trinajstić information content (AvgIpc) is 2.74. The summed E-state index contributed by atoms with van der Waals surface area (Å²) in [6.07, 6.45) is 12.2. The fourth-order valence-electron chi connectivity index (χ4n) is 6.05. The highest BCUT2D eigenvalue weighted by Crippen LogP contribution is 2.64. The molecule has 1 aliphatic heterocycles. The number of aliphatic imine (C=N–C) groups is 1. The number of hydrogen-bond acceptors (Lipinski definition) is 1. The number of fused-ring (bicyclic) bond motifs is 5. The van der Waals surface area contributed by atoms with E-state index >= 15 is 0 Å². The molecule has 110 valence electrons. The van der Waals surface area contributed by atoms with Crippen LogP contribution in [0.15, 0.2) is 14.6 Å². The first kappa shape index (κ1) is 13.8.